The lowest BCUT2D eigenvalue weighted by atomic mass is 9.86. The molecule has 1 amide bonds. The van der Waals surface area contributed by atoms with Crippen molar-refractivity contribution in [1.29, 1.82) is 0 Å². The van der Waals surface area contributed by atoms with Gasteiger partial charge in [-0.15, -0.1) is 0 Å². The van der Waals surface area contributed by atoms with Crippen molar-refractivity contribution >= 4 is 23.5 Å². The van der Waals surface area contributed by atoms with Gasteiger partial charge in [-0.1, -0.05) is 67.9 Å². The minimum Gasteiger partial charge on any atom is -0.487 e. The monoisotopic (exact) mass is 519 g/mol. The van der Waals surface area contributed by atoms with E-state index in [1.807, 2.05) is 18.2 Å². The maximum absolute atomic E-state index is 13.3. The van der Waals surface area contributed by atoms with Crippen LogP contribution in [0, 0.1) is 5.92 Å². The molecule has 37 heavy (non-hydrogen) atoms. The van der Waals surface area contributed by atoms with Crippen molar-refractivity contribution in [3.63, 3.8) is 0 Å². The number of carbonyl (C=O) groups excluding carboxylic acids is 1. The third-order valence-corrected chi connectivity index (χ3v) is 7.13. The summed E-state index contributed by atoms with van der Waals surface area (Å²) < 4.78 is 6.45. The Hall–Kier alpha value is -3.31. The fourth-order valence-corrected chi connectivity index (χ4v) is 5.12. The molecule has 0 radical (unpaired) electrons. The number of ether oxygens (including phenoxy) is 1. The third-order valence-electron chi connectivity index (χ3n) is 6.76. The Kier molecular flexibility index (Phi) is 8.23. The van der Waals surface area contributed by atoms with Crippen molar-refractivity contribution in [3.8, 4) is 5.75 Å². The molecule has 1 N–H and O–H groups in total. The highest BCUT2D eigenvalue weighted by atomic mass is 35.5. The predicted molar refractivity (Wildman–Crippen MR) is 146 cm³/mol. The lowest BCUT2D eigenvalue weighted by Crippen LogP contribution is -2.39. The molecule has 4 rings (SSSR count). The molecule has 1 atom stereocenters. The highest BCUT2D eigenvalue weighted by Gasteiger charge is 2.32. The second-order valence-electron chi connectivity index (χ2n) is 10.6. The summed E-state index contributed by atoms with van der Waals surface area (Å²) in [5.41, 5.74) is 4.37. The number of carboxylic acids is 1. The number of halogens is 1. The fraction of sp³-hybridized carbons (Fsp3) is 0.355. The first-order chi connectivity index (χ1) is 17.6. The molecule has 3 aromatic rings. The van der Waals surface area contributed by atoms with Gasteiger partial charge in [0, 0.05) is 23.6 Å². The van der Waals surface area contributed by atoms with Gasteiger partial charge in [-0.2, -0.15) is 0 Å². The number of rotatable bonds is 9. The molecule has 1 heterocycles. The standard InChI is InChI=1S/C31H34ClNO4/c1-21(2)16-22-8-10-23(11-9-22)18-31(3)15-14-24-17-25(12-13-28(24)37-31)30(36)33(20-29(34)35)19-26-6-4-5-7-27(26)32/h4-13,17,21H,14-16,18-20H2,1-3H3,(H,34,35)/t31-/m1/s1. The van der Waals surface area contributed by atoms with E-state index in [2.05, 4.69) is 45.0 Å². The van der Waals surface area contributed by atoms with Gasteiger partial charge in [0.05, 0.1) is 0 Å². The Balaban J connectivity index is 1.48. The molecule has 3 aromatic carbocycles. The van der Waals surface area contributed by atoms with Crippen LogP contribution in [0.15, 0.2) is 66.7 Å². The summed E-state index contributed by atoms with van der Waals surface area (Å²) in [6.07, 6.45) is 3.48. The second-order valence-corrected chi connectivity index (χ2v) is 11.0. The molecule has 0 unspecified atom stereocenters. The van der Waals surface area contributed by atoms with Crippen LogP contribution in [0.4, 0.5) is 0 Å². The summed E-state index contributed by atoms with van der Waals surface area (Å²) in [5.74, 6) is -0.0158. The average molecular weight is 520 g/mol. The molecule has 0 aliphatic carbocycles. The number of amides is 1. The van der Waals surface area contributed by atoms with Gasteiger partial charge in [0.2, 0.25) is 0 Å². The fourth-order valence-electron chi connectivity index (χ4n) is 4.92. The molecule has 0 saturated carbocycles. The van der Waals surface area contributed by atoms with E-state index in [0.29, 0.717) is 22.1 Å². The molecule has 1 aliphatic rings. The van der Waals surface area contributed by atoms with Crippen molar-refractivity contribution < 1.29 is 19.4 Å². The molecule has 1 aliphatic heterocycles. The average Bonchev–Trinajstić information content (AvgIpc) is 2.85. The molecule has 0 aromatic heterocycles. The first-order valence-electron chi connectivity index (χ1n) is 12.8. The molecule has 5 nitrogen and oxygen atoms in total. The Morgan fingerprint density at radius 2 is 1.76 bits per heavy atom. The second kappa shape index (κ2) is 11.4. The first kappa shape index (κ1) is 26.7. The minimum atomic E-state index is -1.07. The van der Waals surface area contributed by atoms with Crippen LogP contribution in [0.3, 0.4) is 0 Å². The zero-order valence-electron chi connectivity index (χ0n) is 21.7. The normalized spacial score (nSPS) is 16.7. The number of nitrogens with zero attached hydrogens (tertiary/aromatic N) is 1. The van der Waals surface area contributed by atoms with Gasteiger partial charge in [0.15, 0.2) is 0 Å². The topological polar surface area (TPSA) is 66.8 Å². The lowest BCUT2D eigenvalue weighted by Gasteiger charge is -2.36. The van der Waals surface area contributed by atoms with Crippen LogP contribution >= 0.6 is 11.6 Å². The zero-order valence-corrected chi connectivity index (χ0v) is 22.4. The minimum absolute atomic E-state index is 0.117. The number of carboxylic acid groups (broad SMARTS) is 1. The molecule has 0 saturated heterocycles. The van der Waals surface area contributed by atoms with Crippen molar-refractivity contribution in [1.82, 2.24) is 4.90 Å². The number of aryl methyl sites for hydroxylation is 1. The van der Waals surface area contributed by atoms with Crippen LogP contribution in [-0.2, 0) is 30.6 Å². The molecule has 0 fully saturated rings. The van der Waals surface area contributed by atoms with Crippen LogP contribution in [0.5, 0.6) is 5.75 Å². The van der Waals surface area contributed by atoms with Crippen molar-refractivity contribution in [3.05, 3.63) is 99.6 Å². The van der Waals surface area contributed by atoms with Crippen molar-refractivity contribution in [2.45, 2.75) is 58.6 Å². The summed E-state index contributed by atoms with van der Waals surface area (Å²) >= 11 is 6.26. The smallest absolute Gasteiger partial charge is 0.323 e. The highest BCUT2D eigenvalue weighted by molar-refractivity contribution is 6.31. The number of aliphatic carboxylic acids is 1. The van der Waals surface area contributed by atoms with E-state index in [1.165, 1.54) is 16.0 Å². The van der Waals surface area contributed by atoms with Crippen LogP contribution in [-0.4, -0.2) is 34.0 Å². The Morgan fingerprint density at radius 3 is 2.43 bits per heavy atom. The molecular weight excluding hydrogens is 486 g/mol. The molecular formula is C31H34ClNO4. The quantitative estimate of drug-likeness (QED) is 0.346. The summed E-state index contributed by atoms with van der Waals surface area (Å²) in [5, 5.41) is 9.90. The lowest BCUT2D eigenvalue weighted by molar-refractivity contribution is -0.137. The van der Waals surface area contributed by atoms with E-state index in [9.17, 15) is 14.7 Å². The molecule has 194 valence electrons. The van der Waals surface area contributed by atoms with Gasteiger partial charge in [0.1, 0.15) is 17.9 Å². The van der Waals surface area contributed by atoms with Crippen LogP contribution in [0.25, 0.3) is 0 Å². The molecule has 6 heteroatoms. The van der Waals surface area contributed by atoms with E-state index >= 15 is 0 Å². The maximum Gasteiger partial charge on any atom is 0.323 e. The van der Waals surface area contributed by atoms with Gasteiger partial charge in [0.25, 0.3) is 5.91 Å². The third kappa shape index (κ3) is 6.92. The van der Waals surface area contributed by atoms with Crippen LogP contribution < -0.4 is 4.74 Å². The number of fused-ring (bicyclic) bond motifs is 1. The van der Waals surface area contributed by atoms with E-state index in [1.54, 1.807) is 24.3 Å². The maximum atomic E-state index is 13.3. The van der Waals surface area contributed by atoms with E-state index in [4.69, 9.17) is 16.3 Å². The van der Waals surface area contributed by atoms with Crippen molar-refractivity contribution in [2.75, 3.05) is 6.54 Å². The summed E-state index contributed by atoms with van der Waals surface area (Å²) in [6.45, 7) is 6.29. The zero-order chi connectivity index (χ0) is 26.6. The SMILES string of the molecule is CC(C)Cc1ccc(C[C@@]2(C)CCc3cc(C(=O)N(CC(=O)O)Cc4ccccc4Cl)ccc3O2)cc1. The molecule has 0 spiro atoms. The number of hydrogen-bond acceptors (Lipinski definition) is 3. The Labute approximate surface area is 224 Å². The van der Waals surface area contributed by atoms with Gasteiger partial charge >= 0.3 is 5.97 Å². The summed E-state index contributed by atoms with van der Waals surface area (Å²) in [6, 6.07) is 21.3. The van der Waals surface area contributed by atoms with Crippen LogP contribution in [0.1, 0.15) is 59.8 Å². The van der Waals surface area contributed by atoms with E-state index in [0.717, 1.165) is 37.0 Å². The largest absolute Gasteiger partial charge is 0.487 e. The van der Waals surface area contributed by atoms with E-state index in [-0.39, 0.29) is 18.1 Å². The van der Waals surface area contributed by atoms with Gasteiger partial charge in [-0.05, 0) is 78.6 Å². The number of hydrogen-bond donors (Lipinski definition) is 1. The van der Waals surface area contributed by atoms with Gasteiger partial charge < -0.3 is 14.7 Å². The number of benzene rings is 3. The Morgan fingerprint density at radius 1 is 1.05 bits per heavy atom. The van der Waals surface area contributed by atoms with Crippen molar-refractivity contribution in [2.24, 2.45) is 5.92 Å². The van der Waals surface area contributed by atoms with Gasteiger partial charge in [-0.25, -0.2) is 0 Å². The highest BCUT2D eigenvalue weighted by Crippen LogP contribution is 2.36. The summed E-state index contributed by atoms with van der Waals surface area (Å²) in [7, 11) is 0. The first-order valence-corrected chi connectivity index (χ1v) is 13.1. The Bertz CT molecular complexity index is 1270. The van der Waals surface area contributed by atoms with Crippen LogP contribution in [0.2, 0.25) is 5.02 Å². The predicted octanol–water partition coefficient (Wildman–Crippen LogP) is 6.59. The summed E-state index contributed by atoms with van der Waals surface area (Å²) in [4.78, 5) is 26.1. The molecule has 0 bridgehead atoms. The number of carbonyl (C=O) groups is 2. The van der Waals surface area contributed by atoms with Gasteiger partial charge in [-0.3, -0.25) is 9.59 Å². The van der Waals surface area contributed by atoms with E-state index < -0.39 is 12.5 Å².